The molecule has 24 heavy (non-hydrogen) atoms. The molecule has 2 nitrogen and oxygen atoms in total. The van der Waals surface area contributed by atoms with E-state index >= 15 is 0 Å². The Bertz CT molecular complexity index is 833. The van der Waals surface area contributed by atoms with Crippen molar-refractivity contribution in [3.63, 3.8) is 0 Å². The van der Waals surface area contributed by atoms with Gasteiger partial charge in [-0.3, -0.25) is 0 Å². The quantitative estimate of drug-likeness (QED) is 0.461. The number of aryl methyl sites for hydroxylation is 2. The van der Waals surface area contributed by atoms with Gasteiger partial charge < -0.3 is 0 Å². The fraction of sp³-hybridized carbons (Fsp3) is 0.100. The highest BCUT2D eigenvalue weighted by atomic mass is 32.1. The third-order valence-corrected chi connectivity index (χ3v) is 5.62. The molecule has 0 aliphatic rings. The summed E-state index contributed by atoms with van der Waals surface area (Å²) >= 11 is 3.14. The molecule has 4 rings (SSSR count). The van der Waals surface area contributed by atoms with Crippen LogP contribution in [-0.4, -0.2) is 8.75 Å². The van der Waals surface area contributed by atoms with Crippen molar-refractivity contribution in [3.05, 3.63) is 84.2 Å². The van der Waals surface area contributed by atoms with Crippen molar-refractivity contribution >= 4 is 23.1 Å². The average molecular weight is 348 g/mol. The summed E-state index contributed by atoms with van der Waals surface area (Å²) in [5.74, 6) is 0. The van der Waals surface area contributed by atoms with E-state index in [1.54, 1.807) is 23.1 Å². The Kier molecular flexibility index (Phi) is 4.49. The van der Waals surface area contributed by atoms with Gasteiger partial charge in [0.1, 0.15) is 0 Å². The van der Waals surface area contributed by atoms with Gasteiger partial charge in [0.25, 0.3) is 0 Å². The van der Waals surface area contributed by atoms with E-state index in [0.717, 1.165) is 24.2 Å². The molecular formula is C20H16N2S2. The smallest absolute Gasteiger partial charge is 0.0552 e. The standard InChI is InChI=1S/C20H16N2S2/c1-3-7-15(8-4-1)19-13-17(21-23-19)11-12-18-14-20(24-22-18)16-9-5-2-6-10-16/h1-10,13-14H,11-12H2. The van der Waals surface area contributed by atoms with Crippen LogP contribution in [0.2, 0.25) is 0 Å². The lowest BCUT2D eigenvalue weighted by Crippen LogP contribution is -1.90. The van der Waals surface area contributed by atoms with Crippen LogP contribution in [0.25, 0.3) is 20.9 Å². The van der Waals surface area contributed by atoms with Crippen LogP contribution in [0, 0.1) is 0 Å². The largest absolute Gasteiger partial charge is 0.197 e. The minimum Gasteiger partial charge on any atom is -0.197 e. The zero-order valence-corrected chi connectivity index (χ0v) is 14.7. The highest BCUT2D eigenvalue weighted by Gasteiger charge is 2.07. The Labute approximate surface area is 149 Å². The first kappa shape index (κ1) is 15.2. The molecule has 0 saturated carbocycles. The highest BCUT2D eigenvalue weighted by molar-refractivity contribution is 7.09. The van der Waals surface area contributed by atoms with Crippen LogP contribution in [0.3, 0.4) is 0 Å². The summed E-state index contributed by atoms with van der Waals surface area (Å²) in [4.78, 5) is 2.46. The van der Waals surface area contributed by atoms with Crippen LogP contribution in [0.15, 0.2) is 72.8 Å². The summed E-state index contributed by atoms with van der Waals surface area (Å²) in [6.45, 7) is 0. The number of benzene rings is 2. The minimum absolute atomic E-state index is 0.932. The molecule has 0 unspecified atom stereocenters. The Morgan fingerprint density at radius 1 is 0.583 bits per heavy atom. The number of rotatable bonds is 5. The summed E-state index contributed by atoms with van der Waals surface area (Å²) in [5.41, 5.74) is 4.77. The molecule has 4 heteroatoms. The Balaban J connectivity index is 1.43. The third-order valence-electron chi connectivity index (χ3n) is 3.87. The van der Waals surface area contributed by atoms with Crippen molar-refractivity contribution in [1.29, 1.82) is 0 Å². The van der Waals surface area contributed by atoms with Crippen LogP contribution in [-0.2, 0) is 12.8 Å². The maximum atomic E-state index is 4.59. The first-order chi connectivity index (χ1) is 11.9. The molecule has 0 N–H and O–H groups in total. The molecule has 118 valence electrons. The first-order valence-corrected chi connectivity index (χ1v) is 9.45. The molecule has 0 radical (unpaired) electrons. The lowest BCUT2D eigenvalue weighted by atomic mass is 10.1. The van der Waals surface area contributed by atoms with E-state index in [9.17, 15) is 0 Å². The topological polar surface area (TPSA) is 25.8 Å². The third kappa shape index (κ3) is 3.45. The van der Waals surface area contributed by atoms with Crippen molar-refractivity contribution in [2.45, 2.75) is 12.8 Å². The number of nitrogens with zero attached hydrogens (tertiary/aromatic N) is 2. The van der Waals surface area contributed by atoms with E-state index in [-0.39, 0.29) is 0 Å². The summed E-state index contributed by atoms with van der Waals surface area (Å²) in [6, 6.07) is 25.3. The number of hydrogen-bond donors (Lipinski definition) is 0. The molecule has 0 amide bonds. The van der Waals surface area contributed by atoms with E-state index in [0.29, 0.717) is 0 Å². The Morgan fingerprint density at radius 2 is 1.00 bits per heavy atom. The maximum Gasteiger partial charge on any atom is 0.0552 e. The molecule has 0 atom stereocenters. The average Bonchev–Trinajstić information content (AvgIpc) is 3.31. The fourth-order valence-electron chi connectivity index (χ4n) is 2.59. The lowest BCUT2D eigenvalue weighted by Gasteiger charge is -1.95. The van der Waals surface area contributed by atoms with Gasteiger partial charge in [-0.15, -0.1) is 0 Å². The molecular weight excluding hydrogens is 332 g/mol. The van der Waals surface area contributed by atoms with Crippen molar-refractivity contribution in [2.75, 3.05) is 0 Å². The second kappa shape index (κ2) is 7.07. The molecule has 2 aromatic carbocycles. The second-order valence-electron chi connectivity index (χ2n) is 5.60. The normalized spacial score (nSPS) is 10.8. The van der Waals surface area contributed by atoms with Gasteiger partial charge in [-0.1, -0.05) is 60.7 Å². The summed E-state index contributed by atoms with van der Waals surface area (Å²) in [5, 5.41) is 0. The van der Waals surface area contributed by atoms with E-state index in [1.807, 2.05) is 12.1 Å². The molecule has 0 fully saturated rings. The zero-order chi connectivity index (χ0) is 16.2. The van der Waals surface area contributed by atoms with Gasteiger partial charge in [-0.05, 0) is 59.2 Å². The van der Waals surface area contributed by atoms with Crippen molar-refractivity contribution in [1.82, 2.24) is 8.75 Å². The van der Waals surface area contributed by atoms with Crippen molar-refractivity contribution in [3.8, 4) is 20.9 Å². The number of aromatic nitrogens is 2. The monoisotopic (exact) mass is 348 g/mol. The first-order valence-electron chi connectivity index (χ1n) is 7.90. The maximum absolute atomic E-state index is 4.59. The zero-order valence-electron chi connectivity index (χ0n) is 13.1. The van der Waals surface area contributed by atoms with E-state index in [1.165, 1.54) is 20.9 Å². The van der Waals surface area contributed by atoms with Crippen LogP contribution < -0.4 is 0 Å². The summed E-state index contributed by atoms with van der Waals surface area (Å²) in [7, 11) is 0. The van der Waals surface area contributed by atoms with Gasteiger partial charge in [0.2, 0.25) is 0 Å². The van der Waals surface area contributed by atoms with Crippen molar-refractivity contribution < 1.29 is 0 Å². The van der Waals surface area contributed by atoms with E-state index in [4.69, 9.17) is 0 Å². The lowest BCUT2D eigenvalue weighted by molar-refractivity contribution is 0.913. The molecule has 0 bridgehead atoms. The SMILES string of the molecule is c1ccc(-c2cc(CCc3cc(-c4ccccc4)sn3)ns2)cc1. The second-order valence-corrected chi connectivity index (χ2v) is 7.21. The van der Waals surface area contributed by atoms with E-state index < -0.39 is 0 Å². The molecule has 0 saturated heterocycles. The predicted octanol–water partition coefficient (Wildman–Crippen LogP) is 5.72. The van der Waals surface area contributed by atoms with E-state index in [2.05, 4.69) is 69.4 Å². The number of hydrogen-bond acceptors (Lipinski definition) is 4. The highest BCUT2D eigenvalue weighted by Crippen LogP contribution is 2.27. The fourth-order valence-corrected chi connectivity index (χ4v) is 4.17. The Hall–Kier alpha value is -2.30. The van der Waals surface area contributed by atoms with Gasteiger partial charge in [-0.2, -0.15) is 8.75 Å². The molecule has 4 aromatic rings. The predicted molar refractivity (Wildman–Crippen MR) is 103 cm³/mol. The van der Waals surface area contributed by atoms with Gasteiger partial charge >= 0.3 is 0 Å². The van der Waals surface area contributed by atoms with Crippen LogP contribution >= 0.6 is 23.1 Å². The van der Waals surface area contributed by atoms with Crippen molar-refractivity contribution in [2.24, 2.45) is 0 Å². The summed E-state index contributed by atoms with van der Waals surface area (Å²) < 4.78 is 9.18. The minimum atomic E-state index is 0.932. The molecule has 2 aromatic heterocycles. The molecule has 0 spiro atoms. The Morgan fingerprint density at radius 3 is 1.42 bits per heavy atom. The van der Waals surface area contributed by atoms with Crippen LogP contribution in [0.4, 0.5) is 0 Å². The van der Waals surface area contributed by atoms with Gasteiger partial charge in [0, 0.05) is 0 Å². The van der Waals surface area contributed by atoms with Gasteiger partial charge in [-0.25, -0.2) is 0 Å². The van der Waals surface area contributed by atoms with Gasteiger partial charge in [0.15, 0.2) is 0 Å². The molecule has 0 aliphatic carbocycles. The molecule has 0 aliphatic heterocycles. The molecule has 2 heterocycles. The summed E-state index contributed by atoms with van der Waals surface area (Å²) in [6.07, 6.45) is 1.86. The van der Waals surface area contributed by atoms with Crippen LogP contribution in [0.1, 0.15) is 11.4 Å². The van der Waals surface area contributed by atoms with Gasteiger partial charge in [0.05, 0.1) is 21.1 Å². The van der Waals surface area contributed by atoms with Crippen LogP contribution in [0.5, 0.6) is 0 Å².